The third-order valence-corrected chi connectivity index (χ3v) is 3.94. The monoisotopic (exact) mass is 346 g/mol. The highest BCUT2D eigenvalue weighted by Crippen LogP contribution is 2.27. The number of amides is 2. The van der Waals surface area contributed by atoms with Crippen molar-refractivity contribution >= 4 is 12.0 Å². The standard InChI is InChI=1S/C18H16F2N2O3/c19-12-6-7-13(14(20)8-12)17-15(9-16(23)22-17)21-18(24)25-10-11-4-2-1-3-5-11/h1-8,15,17H,9-10H2,(H,21,24)(H,22,23)/t15-,17+/m0/s1. The van der Waals surface area contributed by atoms with Gasteiger partial charge in [0.05, 0.1) is 12.1 Å². The van der Waals surface area contributed by atoms with Crippen molar-refractivity contribution in [1.29, 1.82) is 0 Å². The largest absolute Gasteiger partial charge is 0.445 e. The molecule has 0 spiro atoms. The maximum atomic E-state index is 14.0. The molecule has 0 saturated carbocycles. The highest BCUT2D eigenvalue weighted by atomic mass is 19.1. The minimum atomic E-state index is -0.781. The van der Waals surface area contributed by atoms with Crippen LogP contribution in [-0.4, -0.2) is 18.0 Å². The van der Waals surface area contributed by atoms with E-state index in [1.165, 1.54) is 6.07 Å². The first-order valence-electron chi connectivity index (χ1n) is 7.74. The molecule has 3 rings (SSSR count). The van der Waals surface area contributed by atoms with Crippen molar-refractivity contribution < 1.29 is 23.1 Å². The first-order valence-corrected chi connectivity index (χ1v) is 7.74. The molecule has 5 nitrogen and oxygen atoms in total. The van der Waals surface area contributed by atoms with Crippen molar-refractivity contribution in [3.63, 3.8) is 0 Å². The lowest BCUT2D eigenvalue weighted by Gasteiger charge is -2.20. The summed E-state index contributed by atoms with van der Waals surface area (Å²) in [7, 11) is 0. The van der Waals surface area contributed by atoms with Crippen molar-refractivity contribution in [2.24, 2.45) is 0 Å². The number of hydrogen-bond donors (Lipinski definition) is 2. The van der Waals surface area contributed by atoms with Crippen molar-refractivity contribution in [3.05, 3.63) is 71.3 Å². The van der Waals surface area contributed by atoms with Crippen LogP contribution in [0.2, 0.25) is 0 Å². The fraction of sp³-hybridized carbons (Fsp3) is 0.222. The Labute approximate surface area is 143 Å². The zero-order valence-corrected chi connectivity index (χ0v) is 13.2. The summed E-state index contributed by atoms with van der Waals surface area (Å²) in [5, 5.41) is 5.15. The fourth-order valence-electron chi connectivity index (χ4n) is 2.75. The van der Waals surface area contributed by atoms with Crippen LogP contribution >= 0.6 is 0 Å². The first kappa shape index (κ1) is 16.9. The quantitative estimate of drug-likeness (QED) is 0.895. The van der Waals surface area contributed by atoms with Gasteiger partial charge in [0.25, 0.3) is 0 Å². The summed E-state index contributed by atoms with van der Waals surface area (Å²) in [5.41, 5.74) is 0.931. The van der Waals surface area contributed by atoms with Gasteiger partial charge in [-0.25, -0.2) is 13.6 Å². The van der Waals surface area contributed by atoms with Crippen LogP contribution in [0.5, 0.6) is 0 Å². The van der Waals surface area contributed by atoms with E-state index < -0.39 is 29.8 Å². The molecular weight excluding hydrogens is 330 g/mol. The van der Waals surface area contributed by atoms with Crippen LogP contribution in [0, 0.1) is 11.6 Å². The van der Waals surface area contributed by atoms with E-state index in [2.05, 4.69) is 10.6 Å². The van der Waals surface area contributed by atoms with E-state index in [0.717, 1.165) is 17.7 Å². The molecule has 1 saturated heterocycles. The van der Waals surface area contributed by atoms with E-state index in [1.807, 2.05) is 30.3 Å². The number of halogens is 2. The Morgan fingerprint density at radius 3 is 2.68 bits per heavy atom. The lowest BCUT2D eigenvalue weighted by molar-refractivity contribution is -0.119. The van der Waals surface area contributed by atoms with E-state index in [1.54, 1.807) is 0 Å². The number of ether oxygens (including phenoxy) is 1. The predicted molar refractivity (Wildman–Crippen MR) is 85.4 cm³/mol. The molecule has 7 heteroatoms. The Kier molecular flexibility index (Phi) is 4.92. The van der Waals surface area contributed by atoms with Crippen LogP contribution in [-0.2, 0) is 16.1 Å². The summed E-state index contributed by atoms with van der Waals surface area (Å²) in [6, 6.07) is 10.8. The molecule has 2 aromatic carbocycles. The molecule has 2 amide bonds. The summed E-state index contributed by atoms with van der Waals surface area (Å²) in [5.74, 6) is -1.82. The smallest absolute Gasteiger partial charge is 0.407 e. The summed E-state index contributed by atoms with van der Waals surface area (Å²) in [4.78, 5) is 23.6. The summed E-state index contributed by atoms with van der Waals surface area (Å²) in [6.07, 6.45) is -0.722. The highest BCUT2D eigenvalue weighted by Gasteiger charge is 2.36. The minimum absolute atomic E-state index is 0.0120. The second-order valence-electron chi connectivity index (χ2n) is 5.73. The van der Waals surface area contributed by atoms with Gasteiger partial charge in [0.15, 0.2) is 0 Å². The molecule has 130 valence electrons. The van der Waals surface area contributed by atoms with Crippen LogP contribution in [0.3, 0.4) is 0 Å². The molecule has 25 heavy (non-hydrogen) atoms. The topological polar surface area (TPSA) is 67.4 Å². The molecule has 0 aromatic heterocycles. The molecular formula is C18H16F2N2O3. The Hall–Kier alpha value is -2.96. The summed E-state index contributed by atoms with van der Waals surface area (Å²) in [6.45, 7) is 0.0797. The van der Waals surface area contributed by atoms with E-state index in [4.69, 9.17) is 4.74 Å². The Bertz CT molecular complexity index is 783. The number of nitrogens with one attached hydrogen (secondary N) is 2. The molecule has 0 radical (unpaired) electrons. The van der Waals surface area contributed by atoms with Crippen molar-refractivity contribution in [3.8, 4) is 0 Å². The van der Waals surface area contributed by atoms with Crippen LogP contribution in [0.25, 0.3) is 0 Å². The predicted octanol–water partition coefficient (Wildman–Crippen LogP) is 2.82. The maximum absolute atomic E-state index is 14.0. The number of carbonyl (C=O) groups excluding carboxylic acids is 2. The molecule has 1 heterocycles. The molecule has 2 aromatic rings. The number of carbonyl (C=O) groups is 2. The van der Waals surface area contributed by atoms with E-state index >= 15 is 0 Å². The third-order valence-electron chi connectivity index (χ3n) is 3.94. The van der Waals surface area contributed by atoms with Gasteiger partial charge in [-0.3, -0.25) is 4.79 Å². The number of rotatable bonds is 4. The second kappa shape index (κ2) is 7.29. The average Bonchev–Trinajstić information content (AvgIpc) is 2.94. The van der Waals surface area contributed by atoms with Gasteiger partial charge in [0.2, 0.25) is 5.91 Å². The molecule has 1 aliphatic heterocycles. The van der Waals surface area contributed by atoms with Crippen molar-refractivity contribution in [1.82, 2.24) is 10.6 Å². The second-order valence-corrected chi connectivity index (χ2v) is 5.73. The Morgan fingerprint density at radius 1 is 1.20 bits per heavy atom. The van der Waals surface area contributed by atoms with Gasteiger partial charge < -0.3 is 15.4 Å². The third kappa shape index (κ3) is 4.12. The Balaban J connectivity index is 1.65. The van der Waals surface area contributed by atoms with Gasteiger partial charge in [0, 0.05) is 18.1 Å². The van der Waals surface area contributed by atoms with Gasteiger partial charge in [-0.15, -0.1) is 0 Å². The van der Waals surface area contributed by atoms with E-state index in [9.17, 15) is 18.4 Å². The van der Waals surface area contributed by atoms with Crippen LogP contribution in [0.1, 0.15) is 23.6 Å². The highest BCUT2D eigenvalue weighted by molar-refractivity contribution is 5.81. The molecule has 0 unspecified atom stereocenters. The molecule has 2 N–H and O–H groups in total. The van der Waals surface area contributed by atoms with Crippen LogP contribution < -0.4 is 10.6 Å². The number of alkyl carbamates (subject to hydrolysis) is 1. The lowest BCUT2D eigenvalue weighted by Crippen LogP contribution is -2.39. The van der Waals surface area contributed by atoms with Gasteiger partial charge in [-0.05, 0) is 11.6 Å². The van der Waals surface area contributed by atoms with Gasteiger partial charge >= 0.3 is 6.09 Å². The molecule has 2 atom stereocenters. The molecule has 0 bridgehead atoms. The summed E-state index contributed by atoms with van der Waals surface area (Å²) >= 11 is 0. The van der Waals surface area contributed by atoms with Crippen LogP contribution in [0.15, 0.2) is 48.5 Å². The molecule has 0 aliphatic carbocycles. The first-order chi connectivity index (χ1) is 12.0. The zero-order chi connectivity index (χ0) is 17.8. The van der Waals surface area contributed by atoms with Crippen molar-refractivity contribution in [2.75, 3.05) is 0 Å². The molecule has 1 fully saturated rings. The van der Waals surface area contributed by atoms with Gasteiger partial charge in [-0.2, -0.15) is 0 Å². The Morgan fingerprint density at radius 2 is 1.96 bits per heavy atom. The van der Waals surface area contributed by atoms with Gasteiger partial charge in [-0.1, -0.05) is 36.4 Å². The SMILES string of the molecule is O=C1C[C@H](NC(=O)OCc2ccccc2)[C@@H](c2ccc(F)cc2F)N1. The number of hydrogen-bond acceptors (Lipinski definition) is 3. The van der Waals surface area contributed by atoms with Crippen LogP contribution in [0.4, 0.5) is 13.6 Å². The maximum Gasteiger partial charge on any atom is 0.407 e. The van der Waals surface area contributed by atoms with E-state index in [0.29, 0.717) is 0 Å². The lowest BCUT2D eigenvalue weighted by atomic mass is 10.0. The van der Waals surface area contributed by atoms with Gasteiger partial charge in [0.1, 0.15) is 18.2 Å². The summed E-state index contributed by atoms with van der Waals surface area (Å²) < 4.78 is 32.2. The molecule has 1 aliphatic rings. The zero-order valence-electron chi connectivity index (χ0n) is 13.2. The average molecular weight is 346 g/mol. The number of benzene rings is 2. The van der Waals surface area contributed by atoms with E-state index in [-0.39, 0.29) is 24.5 Å². The van der Waals surface area contributed by atoms with Crippen molar-refractivity contribution in [2.45, 2.75) is 25.1 Å². The normalized spacial score (nSPS) is 19.4. The fourth-order valence-corrected chi connectivity index (χ4v) is 2.75. The minimum Gasteiger partial charge on any atom is -0.445 e.